The van der Waals surface area contributed by atoms with Crippen molar-refractivity contribution < 1.29 is 14.3 Å². The van der Waals surface area contributed by atoms with Crippen LogP contribution in [0.1, 0.15) is 24.4 Å². The van der Waals surface area contributed by atoms with E-state index in [0.29, 0.717) is 19.4 Å². The number of amides is 1. The molecule has 0 aliphatic carbocycles. The van der Waals surface area contributed by atoms with Crippen molar-refractivity contribution in [3.63, 3.8) is 0 Å². The van der Waals surface area contributed by atoms with Gasteiger partial charge < -0.3 is 14.4 Å². The minimum absolute atomic E-state index is 0.162. The van der Waals surface area contributed by atoms with Crippen molar-refractivity contribution >= 4 is 5.91 Å². The first-order valence-electron chi connectivity index (χ1n) is 8.05. The van der Waals surface area contributed by atoms with Crippen LogP contribution in [-0.2, 0) is 11.2 Å². The Labute approximate surface area is 141 Å². The maximum absolute atomic E-state index is 12.5. The lowest BCUT2D eigenvalue weighted by atomic mass is 10.1. The molecule has 0 unspecified atom stereocenters. The van der Waals surface area contributed by atoms with Gasteiger partial charge in [-0.3, -0.25) is 4.79 Å². The summed E-state index contributed by atoms with van der Waals surface area (Å²) in [5, 5.41) is 7.86. The second-order valence-electron chi connectivity index (χ2n) is 5.84. The normalized spacial score (nSPS) is 17.1. The van der Waals surface area contributed by atoms with Gasteiger partial charge in [0.05, 0.1) is 26.5 Å². The molecule has 2 aromatic rings. The average Bonchev–Trinajstić information content (AvgIpc) is 3.30. The van der Waals surface area contributed by atoms with E-state index in [9.17, 15) is 4.79 Å². The van der Waals surface area contributed by atoms with Gasteiger partial charge in [0, 0.05) is 31.8 Å². The monoisotopic (exact) mass is 330 g/mol. The van der Waals surface area contributed by atoms with Gasteiger partial charge in [-0.15, -0.1) is 5.10 Å². The fourth-order valence-corrected chi connectivity index (χ4v) is 3.05. The van der Waals surface area contributed by atoms with Crippen LogP contribution < -0.4 is 9.47 Å². The highest BCUT2D eigenvalue weighted by atomic mass is 16.5. The van der Waals surface area contributed by atoms with Crippen molar-refractivity contribution in [1.82, 2.24) is 19.9 Å². The highest BCUT2D eigenvalue weighted by Crippen LogP contribution is 2.26. The predicted molar refractivity (Wildman–Crippen MR) is 88.1 cm³/mol. The lowest BCUT2D eigenvalue weighted by Crippen LogP contribution is -2.29. The summed E-state index contributed by atoms with van der Waals surface area (Å²) in [7, 11) is 3.25. The molecule has 2 heterocycles. The molecular weight excluding hydrogens is 308 g/mol. The Bertz CT molecular complexity index is 687. The number of carbonyl (C=O) groups is 1. The van der Waals surface area contributed by atoms with Crippen molar-refractivity contribution in [3.8, 4) is 11.5 Å². The van der Waals surface area contributed by atoms with Gasteiger partial charge in [-0.2, -0.15) is 0 Å². The third kappa shape index (κ3) is 3.50. The Kier molecular flexibility index (Phi) is 4.98. The van der Waals surface area contributed by atoms with Crippen LogP contribution in [0.15, 0.2) is 30.6 Å². The standard InChI is InChI=1S/C17H22N4O3/c1-23-15-5-3-13(16(11-15)24-2)4-6-17(22)20-9-7-14(12-20)21-10-8-18-19-21/h3,5,8,10-11,14H,4,6-7,9,12H2,1-2H3/t14-/m1/s1. The van der Waals surface area contributed by atoms with Crippen molar-refractivity contribution in [1.29, 1.82) is 0 Å². The summed E-state index contributed by atoms with van der Waals surface area (Å²) < 4.78 is 12.4. The first-order valence-corrected chi connectivity index (χ1v) is 8.05. The smallest absolute Gasteiger partial charge is 0.222 e. The molecule has 7 nitrogen and oxygen atoms in total. The van der Waals surface area contributed by atoms with E-state index in [1.165, 1.54) is 0 Å². The summed E-state index contributed by atoms with van der Waals surface area (Å²) in [5.74, 6) is 1.66. The van der Waals surface area contributed by atoms with Gasteiger partial charge in [0.25, 0.3) is 0 Å². The zero-order valence-electron chi connectivity index (χ0n) is 14.0. The number of aromatic nitrogens is 3. The minimum Gasteiger partial charge on any atom is -0.497 e. The van der Waals surface area contributed by atoms with Gasteiger partial charge in [0.1, 0.15) is 11.5 Å². The zero-order valence-corrected chi connectivity index (χ0v) is 14.0. The van der Waals surface area contributed by atoms with E-state index in [1.54, 1.807) is 20.4 Å². The first-order chi connectivity index (χ1) is 11.7. The molecule has 0 radical (unpaired) electrons. The molecule has 1 saturated heterocycles. The molecule has 0 N–H and O–H groups in total. The number of methoxy groups -OCH3 is 2. The van der Waals surface area contributed by atoms with Crippen LogP contribution in [0.5, 0.6) is 11.5 Å². The number of ether oxygens (including phenoxy) is 2. The molecule has 0 saturated carbocycles. The number of hydrogen-bond donors (Lipinski definition) is 0. The highest BCUT2D eigenvalue weighted by Gasteiger charge is 2.27. The second-order valence-corrected chi connectivity index (χ2v) is 5.84. The Morgan fingerprint density at radius 2 is 2.21 bits per heavy atom. The van der Waals surface area contributed by atoms with Crippen molar-refractivity contribution in [2.75, 3.05) is 27.3 Å². The molecule has 0 bridgehead atoms. The van der Waals surface area contributed by atoms with E-state index >= 15 is 0 Å². The van der Waals surface area contributed by atoms with E-state index in [2.05, 4.69) is 10.3 Å². The molecule has 1 atom stereocenters. The van der Waals surface area contributed by atoms with Gasteiger partial charge >= 0.3 is 0 Å². The van der Waals surface area contributed by atoms with Gasteiger partial charge in [-0.05, 0) is 24.5 Å². The molecule has 7 heteroatoms. The molecular formula is C17H22N4O3. The summed E-state index contributed by atoms with van der Waals surface area (Å²) in [6.07, 6.45) is 5.55. The molecule has 3 rings (SSSR count). The third-order valence-electron chi connectivity index (χ3n) is 4.43. The summed E-state index contributed by atoms with van der Waals surface area (Å²) >= 11 is 0. The maximum atomic E-state index is 12.5. The molecule has 1 aromatic carbocycles. The van der Waals surface area contributed by atoms with Crippen LogP contribution in [0.3, 0.4) is 0 Å². The largest absolute Gasteiger partial charge is 0.497 e. The van der Waals surface area contributed by atoms with Gasteiger partial charge in [0.15, 0.2) is 0 Å². The Balaban J connectivity index is 1.56. The summed E-state index contributed by atoms with van der Waals surface area (Å²) in [5.41, 5.74) is 1.01. The number of hydrogen-bond acceptors (Lipinski definition) is 5. The van der Waals surface area contributed by atoms with E-state index in [-0.39, 0.29) is 11.9 Å². The lowest BCUT2D eigenvalue weighted by molar-refractivity contribution is -0.130. The summed E-state index contributed by atoms with van der Waals surface area (Å²) in [6, 6.07) is 5.91. The maximum Gasteiger partial charge on any atom is 0.222 e. The number of benzene rings is 1. The molecule has 1 fully saturated rings. The number of likely N-dealkylation sites (tertiary alicyclic amines) is 1. The number of rotatable bonds is 6. The first kappa shape index (κ1) is 16.3. The molecule has 0 spiro atoms. The second kappa shape index (κ2) is 7.33. The number of aryl methyl sites for hydroxylation is 1. The SMILES string of the molecule is COc1ccc(CCC(=O)N2CC[C@@H](n3ccnn3)C2)c(OC)c1. The van der Waals surface area contributed by atoms with E-state index < -0.39 is 0 Å². The predicted octanol–water partition coefficient (Wildman–Crippen LogP) is 1.70. The average molecular weight is 330 g/mol. The van der Waals surface area contributed by atoms with Crippen molar-refractivity contribution in [2.24, 2.45) is 0 Å². The molecule has 1 aromatic heterocycles. The van der Waals surface area contributed by atoms with Crippen LogP contribution in [-0.4, -0.2) is 53.1 Å². The molecule has 1 aliphatic heterocycles. The van der Waals surface area contributed by atoms with E-state index in [4.69, 9.17) is 9.47 Å². The van der Waals surface area contributed by atoms with E-state index in [0.717, 1.165) is 30.0 Å². The topological polar surface area (TPSA) is 69.5 Å². The quantitative estimate of drug-likeness (QED) is 0.806. The van der Waals surface area contributed by atoms with Crippen molar-refractivity contribution in [2.45, 2.75) is 25.3 Å². The van der Waals surface area contributed by atoms with Crippen LogP contribution in [0.4, 0.5) is 0 Å². The van der Waals surface area contributed by atoms with E-state index in [1.807, 2.05) is 34.0 Å². The van der Waals surface area contributed by atoms with Crippen LogP contribution in [0, 0.1) is 0 Å². The van der Waals surface area contributed by atoms with Gasteiger partial charge in [-0.1, -0.05) is 11.3 Å². The van der Waals surface area contributed by atoms with Crippen LogP contribution >= 0.6 is 0 Å². The fraction of sp³-hybridized carbons (Fsp3) is 0.471. The third-order valence-corrected chi connectivity index (χ3v) is 4.43. The Hall–Kier alpha value is -2.57. The minimum atomic E-state index is 0.162. The molecule has 1 amide bonds. The summed E-state index contributed by atoms with van der Waals surface area (Å²) in [4.78, 5) is 14.4. The number of nitrogens with zero attached hydrogens (tertiary/aromatic N) is 4. The Morgan fingerprint density at radius 3 is 2.92 bits per heavy atom. The van der Waals surface area contributed by atoms with Crippen LogP contribution in [0.2, 0.25) is 0 Å². The Morgan fingerprint density at radius 1 is 1.33 bits per heavy atom. The number of carbonyl (C=O) groups excluding carboxylic acids is 1. The van der Waals surface area contributed by atoms with Crippen molar-refractivity contribution in [3.05, 3.63) is 36.2 Å². The lowest BCUT2D eigenvalue weighted by Gasteiger charge is -2.17. The molecule has 1 aliphatic rings. The zero-order chi connectivity index (χ0) is 16.9. The molecule has 24 heavy (non-hydrogen) atoms. The van der Waals surface area contributed by atoms with Gasteiger partial charge in [0.2, 0.25) is 5.91 Å². The van der Waals surface area contributed by atoms with Crippen LogP contribution in [0.25, 0.3) is 0 Å². The van der Waals surface area contributed by atoms with Gasteiger partial charge in [-0.25, -0.2) is 4.68 Å². The fourth-order valence-electron chi connectivity index (χ4n) is 3.05. The highest BCUT2D eigenvalue weighted by molar-refractivity contribution is 5.77. The molecule has 128 valence electrons. The summed E-state index contributed by atoms with van der Waals surface area (Å²) in [6.45, 7) is 1.46.